The minimum atomic E-state index is -0.527. The van der Waals surface area contributed by atoms with Crippen molar-refractivity contribution >= 4 is 5.97 Å². The van der Waals surface area contributed by atoms with Gasteiger partial charge in [0.05, 0.1) is 20.0 Å². The quantitative estimate of drug-likeness (QED) is 0.795. The molecule has 2 heterocycles. The van der Waals surface area contributed by atoms with Gasteiger partial charge in [0.2, 0.25) is 0 Å². The molecule has 2 aliphatic heterocycles. The summed E-state index contributed by atoms with van der Waals surface area (Å²) in [6.07, 6.45) is 1.52. The Bertz CT molecular complexity index is 552. The van der Waals surface area contributed by atoms with Crippen LogP contribution < -0.4 is 4.74 Å². The normalized spacial score (nSPS) is 30.1. The van der Waals surface area contributed by atoms with Crippen molar-refractivity contribution in [2.75, 3.05) is 13.7 Å². The highest BCUT2D eigenvalue weighted by Crippen LogP contribution is 2.32. The third-order valence-electron chi connectivity index (χ3n) is 3.59. The van der Waals surface area contributed by atoms with E-state index in [0.717, 1.165) is 11.3 Å². The van der Waals surface area contributed by atoms with Crippen molar-refractivity contribution in [3.05, 3.63) is 42.2 Å². The number of ether oxygens (including phenoxy) is 5. The second-order valence-corrected chi connectivity index (χ2v) is 5.12. The van der Waals surface area contributed by atoms with E-state index < -0.39 is 18.5 Å². The number of carbonyl (C=O) groups is 1. The summed E-state index contributed by atoms with van der Waals surface area (Å²) in [6, 6.07) is 7.44. The van der Waals surface area contributed by atoms with E-state index in [4.69, 9.17) is 23.7 Å². The molecule has 22 heavy (non-hydrogen) atoms. The monoisotopic (exact) mass is 306 g/mol. The zero-order valence-electron chi connectivity index (χ0n) is 12.4. The maximum Gasteiger partial charge on any atom is 0.303 e. The lowest BCUT2D eigenvalue weighted by Gasteiger charge is -2.40. The van der Waals surface area contributed by atoms with E-state index in [2.05, 4.69) is 0 Å². The molecule has 0 aliphatic carbocycles. The van der Waals surface area contributed by atoms with Gasteiger partial charge in [0, 0.05) is 12.5 Å². The van der Waals surface area contributed by atoms with Crippen molar-refractivity contribution in [2.24, 2.45) is 0 Å². The fraction of sp³-hybridized carbons (Fsp3) is 0.438. The van der Waals surface area contributed by atoms with Gasteiger partial charge in [0.15, 0.2) is 18.5 Å². The van der Waals surface area contributed by atoms with Crippen LogP contribution >= 0.6 is 0 Å². The molecule has 0 radical (unpaired) electrons. The lowest BCUT2D eigenvalue weighted by molar-refractivity contribution is -0.278. The van der Waals surface area contributed by atoms with Gasteiger partial charge in [0.1, 0.15) is 11.9 Å². The summed E-state index contributed by atoms with van der Waals surface area (Å²) in [5, 5.41) is 0. The smallest absolute Gasteiger partial charge is 0.303 e. The molecule has 0 aromatic heterocycles. The van der Waals surface area contributed by atoms with Crippen molar-refractivity contribution < 1.29 is 28.5 Å². The van der Waals surface area contributed by atoms with Crippen LogP contribution in [0.1, 0.15) is 18.8 Å². The van der Waals surface area contributed by atoms with Crippen molar-refractivity contribution in [1.82, 2.24) is 0 Å². The molecule has 6 heteroatoms. The standard InChI is InChI=1S/C16H18O6/c1-10(17)21-13-7-8-19-14-9-20-16(22-15(13)14)11-3-5-12(18-2)6-4-11/h3-8,13-16H,9H2,1-2H3/t13-,14+,15-,16+/m0/s1. The molecule has 1 aromatic rings. The Balaban J connectivity index is 1.74. The predicted molar refractivity (Wildman–Crippen MR) is 76.1 cm³/mol. The van der Waals surface area contributed by atoms with Crippen LogP contribution in [0.25, 0.3) is 0 Å². The third-order valence-corrected chi connectivity index (χ3v) is 3.59. The average molecular weight is 306 g/mol. The van der Waals surface area contributed by atoms with Crippen molar-refractivity contribution in [1.29, 1.82) is 0 Å². The highest BCUT2D eigenvalue weighted by Gasteiger charge is 2.41. The van der Waals surface area contributed by atoms with Crippen LogP contribution in [0.15, 0.2) is 36.6 Å². The zero-order chi connectivity index (χ0) is 15.5. The molecule has 1 saturated heterocycles. The van der Waals surface area contributed by atoms with Gasteiger partial charge in [-0.15, -0.1) is 0 Å². The molecule has 0 saturated carbocycles. The maximum atomic E-state index is 11.2. The summed E-state index contributed by atoms with van der Waals surface area (Å²) in [4.78, 5) is 11.2. The molecule has 2 aliphatic rings. The number of rotatable bonds is 3. The highest BCUT2D eigenvalue weighted by atomic mass is 16.7. The first-order valence-corrected chi connectivity index (χ1v) is 7.08. The molecular formula is C16H18O6. The number of benzene rings is 1. The van der Waals surface area contributed by atoms with E-state index in [1.165, 1.54) is 13.2 Å². The summed E-state index contributed by atoms with van der Waals surface area (Å²) in [6.45, 7) is 1.74. The number of hydrogen-bond acceptors (Lipinski definition) is 6. The van der Waals surface area contributed by atoms with E-state index in [1.54, 1.807) is 13.2 Å². The largest absolute Gasteiger partial charge is 0.497 e. The summed E-state index contributed by atoms with van der Waals surface area (Å²) >= 11 is 0. The van der Waals surface area contributed by atoms with E-state index in [9.17, 15) is 4.79 Å². The first-order valence-electron chi connectivity index (χ1n) is 7.08. The number of fused-ring (bicyclic) bond motifs is 1. The molecule has 4 atom stereocenters. The Morgan fingerprint density at radius 2 is 2.05 bits per heavy atom. The molecule has 1 aromatic carbocycles. The van der Waals surface area contributed by atoms with Gasteiger partial charge in [-0.25, -0.2) is 0 Å². The maximum absolute atomic E-state index is 11.2. The minimum Gasteiger partial charge on any atom is -0.497 e. The molecule has 0 amide bonds. The van der Waals surface area contributed by atoms with Gasteiger partial charge in [-0.1, -0.05) is 12.1 Å². The lowest BCUT2D eigenvalue weighted by Crippen LogP contribution is -2.50. The minimum absolute atomic E-state index is 0.288. The molecule has 3 rings (SSSR count). The summed E-state index contributed by atoms with van der Waals surface area (Å²) in [5.74, 6) is 0.408. The van der Waals surface area contributed by atoms with Gasteiger partial charge < -0.3 is 23.7 Å². The Hall–Kier alpha value is -2.05. The molecule has 0 N–H and O–H groups in total. The topological polar surface area (TPSA) is 63.2 Å². The number of methoxy groups -OCH3 is 1. The first-order chi connectivity index (χ1) is 10.7. The van der Waals surface area contributed by atoms with Crippen LogP contribution in [0.5, 0.6) is 5.75 Å². The van der Waals surface area contributed by atoms with Crippen molar-refractivity contribution in [2.45, 2.75) is 31.5 Å². The first kappa shape index (κ1) is 14.9. The second-order valence-electron chi connectivity index (χ2n) is 5.12. The SMILES string of the molecule is COc1ccc([C@@H]2OC[C@H]3OC=C[C@H](OC(C)=O)[C@@H]3O2)cc1. The summed E-state index contributed by atoms with van der Waals surface area (Å²) < 4.78 is 27.5. The van der Waals surface area contributed by atoms with Crippen molar-refractivity contribution in [3.8, 4) is 5.75 Å². The number of carbonyl (C=O) groups excluding carboxylic acids is 1. The van der Waals surface area contributed by atoms with Crippen LogP contribution in [-0.2, 0) is 23.7 Å². The van der Waals surface area contributed by atoms with Gasteiger partial charge in [-0.2, -0.15) is 0 Å². The molecule has 0 unspecified atom stereocenters. The van der Waals surface area contributed by atoms with Gasteiger partial charge in [0.25, 0.3) is 0 Å². The Kier molecular flexibility index (Phi) is 4.31. The van der Waals surface area contributed by atoms with Crippen LogP contribution in [0.3, 0.4) is 0 Å². The van der Waals surface area contributed by atoms with Crippen LogP contribution in [0, 0.1) is 0 Å². The fourth-order valence-electron chi connectivity index (χ4n) is 2.52. The Labute approximate surface area is 128 Å². The van der Waals surface area contributed by atoms with Gasteiger partial charge in [-0.3, -0.25) is 4.79 Å². The van der Waals surface area contributed by atoms with Crippen molar-refractivity contribution in [3.63, 3.8) is 0 Å². The van der Waals surface area contributed by atoms with E-state index >= 15 is 0 Å². The fourth-order valence-corrected chi connectivity index (χ4v) is 2.52. The van der Waals surface area contributed by atoms with Gasteiger partial charge >= 0.3 is 5.97 Å². The highest BCUT2D eigenvalue weighted by molar-refractivity contribution is 5.66. The molecule has 1 fully saturated rings. The zero-order valence-corrected chi connectivity index (χ0v) is 12.4. The Morgan fingerprint density at radius 1 is 1.27 bits per heavy atom. The van der Waals surface area contributed by atoms with E-state index in [0.29, 0.717) is 6.61 Å². The van der Waals surface area contributed by atoms with Crippen LogP contribution in [0.4, 0.5) is 0 Å². The third kappa shape index (κ3) is 3.08. The second kappa shape index (κ2) is 6.37. The summed E-state index contributed by atoms with van der Waals surface area (Å²) in [7, 11) is 1.61. The van der Waals surface area contributed by atoms with Crippen LogP contribution in [-0.4, -0.2) is 38.0 Å². The molecule has 0 bridgehead atoms. The number of esters is 1. The van der Waals surface area contributed by atoms with E-state index in [1.807, 2.05) is 24.3 Å². The predicted octanol–water partition coefficient (Wildman–Crippen LogP) is 1.95. The Morgan fingerprint density at radius 3 is 2.73 bits per heavy atom. The summed E-state index contributed by atoms with van der Waals surface area (Å²) in [5.41, 5.74) is 0.871. The van der Waals surface area contributed by atoms with Crippen LogP contribution in [0.2, 0.25) is 0 Å². The molecule has 118 valence electrons. The van der Waals surface area contributed by atoms with Gasteiger partial charge in [-0.05, 0) is 18.2 Å². The molecular weight excluding hydrogens is 288 g/mol. The van der Waals surface area contributed by atoms with E-state index in [-0.39, 0.29) is 12.1 Å². The molecule has 6 nitrogen and oxygen atoms in total. The average Bonchev–Trinajstić information content (AvgIpc) is 2.54. The molecule has 0 spiro atoms. The lowest BCUT2D eigenvalue weighted by atomic mass is 10.0. The number of hydrogen-bond donors (Lipinski definition) is 0.